The number of hydrogen-bond acceptors (Lipinski definition) is 5. The minimum absolute atomic E-state index is 0.0163. The molecule has 0 bridgehead atoms. The summed E-state index contributed by atoms with van der Waals surface area (Å²) >= 11 is 0. The van der Waals surface area contributed by atoms with Crippen molar-refractivity contribution in [2.45, 2.75) is 26.2 Å². The van der Waals surface area contributed by atoms with Crippen molar-refractivity contribution in [3.63, 3.8) is 0 Å². The fourth-order valence-corrected chi connectivity index (χ4v) is 4.23. The fourth-order valence-electron chi connectivity index (χ4n) is 4.23. The molecule has 0 aliphatic carbocycles. The standard InChI is InChI=1S/C31H29FN6O2/c1-31(2,3)21-10-8-20(9-11-21)29(39)36-25-7-5-6-24(27(25)32)26-18-37(4)30(40)28(35-26)34-22-12-14-23(15-13-22)38-17-16-33-19-38/h5-19H,1-4H3,(H,34,35)(H,36,39). The third-order valence-corrected chi connectivity index (χ3v) is 6.54. The molecule has 2 aromatic heterocycles. The van der Waals surface area contributed by atoms with Crippen LogP contribution < -0.4 is 16.2 Å². The van der Waals surface area contributed by atoms with Crippen LogP contribution in [0.1, 0.15) is 36.7 Å². The van der Waals surface area contributed by atoms with Gasteiger partial charge >= 0.3 is 0 Å². The van der Waals surface area contributed by atoms with Crippen LogP contribution in [-0.2, 0) is 12.5 Å². The summed E-state index contributed by atoms with van der Waals surface area (Å²) in [6.45, 7) is 6.28. The predicted octanol–water partition coefficient (Wildman–Crippen LogP) is 6.07. The van der Waals surface area contributed by atoms with E-state index in [-0.39, 0.29) is 33.7 Å². The Morgan fingerprint density at radius 3 is 2.35 bits per heavy atom. The lowest BCUT2D eigenvalue weighted by Gasteiger charge is -2.19. The lowest BCUT2D eigenvalue weighted by atomic mass is 9.87. The van der Waals surface area contributed by atoms with Gasteiger partial charge in [0.2, 0.25) is 0 Å². The first-order chi connectivity index (χ1) is 19.1. The van der Waals surface area contributed by atoms with Crippen molar-refractivity contribution in [2.75, 3.05) is 10.6 Å². The van der Waals surface area contributed by atoms with E-state index in [0.29, 0.717) is 11.3 Å². The normalized spacial score (nSPS) is 11.3. The average molecular weight is 537 g/mol. The second-order valence-electron chi connectivity index (χ2n) is 10.5. The zero-order chi connectivity index (χ0) is 28.4. The molecule has 8 nitrogen and oxygen atoms in total. The van der Waals surface area contributed by atoms with Crippen LogP contribution >= 0.6 is 0 Å². The van der Waals surface area contributed by atoms with Gasteiger partial charge in [0, 0.05) is 48.1 Å². The molecule has 2 heterocycles. The Balaban J connectivity index is 1.40. The van der Waals surface area contributed by atoms with Gasteiger partial charge in [-0.1, -0.05) is 39.0 Å². The van der Waals surface area contributed by atoms with Crippen LogP contribution in [0.3, 0.4) is 0 Å². The average Bonchev–Trinajstić information content (AvgIpc) is 3.47. The van der Waals surface area contributed by atoms with Gasteiger partial charge in [-0.3, -0.25) is 9.59 Å². The van der Waals surface area contributed by atoms with E-state index in [1.165, 1.54) is 16.8 Å². The number of halogens is 1. The maximum absolute atomic E-state index is 15.7. The highest BCUT2D eigenvalue weighted by atomic mass is 19.1. The van der Waals surface area contributed by atoms with Crippen LogP contribution in [-0.4, -0.2) is 25.0 Å². The van der Waals surface area contributed by atoms with E-state index in [9.17, 15) is 9.59 Å². The predicted molar refractivity (Wildman–Crippen MR) is 155 cm³/mol. The topological polar surface area (TPSA) is 93.8 Å². The first-order valence-corrected chi connectivity index (χ1v) is 12.7. The smallest absolute Gasteiger partial charge is 0.293 e. The summed E-state index contributed by atoms with van der Waals surface area (Å²) in [5.41, 5.74) is 3.05. The summed E-state index contributed by atoms with van der Waals surface area (Å²) in [7, 11) is 1.58. The summed E-state index contributed by atoms with van der Waals surface area (Å²) in [5.74, 6) is -1.03. The van der Waals surface area contributed by atoms with Crippen molar-refractivity contribution in [1.82, 2.24) is 19.1 Å². The lowest BCUT2D eigenvalue weighted by molar-refractivity contribution is 0.102. The van der Waals surface area contributed by atoms with Gasteiger partial charge in [0.05, 0.1) is 17.7 Å². The number of aryl methyl sites for hydroxylation is 1. The van der Waals surface area contributed by atoms with Gasteiger partial charge in [0.15, 0.2) is 11.6 Å². The molecule has 0 aliphatic rings. The van der Waals surface area contributed by atoms with Crippen molar-refractivity contribution in [3.05, 3.63) is 119 Å². The highest BCUT2D eigenvalue weighted by Gasteiger charge is 2.18. The molecule has 0 spiro atoms. The van der Waals surface area contributed by atoms with Crippen molar-refractivity contribution >= 4 is 23.1 Å². The monoisotopic (exact) mass is 536 g/mol. The minimum atomic E-state index is -0.649. The summed E-state index contributed by atoms with van der Waals surface area (Å²) in [6, 6.07) is 19.3. The fraction of sp³-hybridized carbons (Fsp3) is 0.161. The molecule has 0 unspecified atom stereocenters. The molecule has 9 heteroatoms. The van der Waals surface area contributed by atoms with E-state index >= 15 is 4.39 Å². The zero-order valence-corrected chi connectivity index (χ0v) is 22.6. The molecule has 0 atom stereocenters. The number of amides is 1. The zero-order valence-electron chi connectivity index (χ0n) is 22.6. The summed E-state index contributed by atoms with van der Waals surface area (Å²) in [6.07, 6.45) is 6.67. The van der Waals surface area contributed by atoms with Crippen LogP contribution in [0.15, 0.2) is 96.4 Å². The largest absolute Gasteiger partial charge is 0.336 e. The molecule has 202 valence electrons. The molecule has 5 aromatic rings. The Kier molecular flexibility index (Phi) is 7.04. The van der Waals surface area contributed by atoms with Crippen LogP contribution in [0.5, 0.6) is 0 Å². The number of benzene rings is 3. The number of rotatable bonds is 6. The molecule has 0 radical (unpaired) electrons. The molecule has 0 saturated carbocycles. The van der Waals surface area contributed by atoms with Gasteiger partial charge in [-0.05, 0) is 59.5 Å². The van der Waals surface area contributed by atoms with E-state index in [0.717, 1.165) is 11.3 Å². The Morgan fingerprint density at radius 2 is 1.70 bits per heavy atom. The van der Waals surface area contributed by atoms with E-state index in [2.05, 4.69) is 41.4 Å². The van der Waals surface area contributed by atoms with Crippen LogP contribution in [0.2, 0.25) is 0 Å². The lowest BCUT2D eigenvalue weighted by Crippen LogP contribution is -2.21. The number of aromatic nitrogens is 4. The molecule has 3 aromatic carbocycles. The Morgan fingerprint density at radius 1 is 0.975 bits per heavy atom. The second-order valence-corrected chi connectivity index (χ2v) is 10.5. The quantitative estimate of drug-likeness (QED) is 0.275. The molecule has 5 rings (SSSR count). The molecule has 2 N–H and O–H groups in total. The first kappa shape index (κ1) is 26.6. The maximum atomic E-state index is 15.7. The molecular formula is C31H29FN6O2. The Bertz CT molecular complexity index is 1720. The molecule has 1 amide bonds. The van der Waals surface area contributed by atoms with Crippen molar-refractivity contribution in [2.24, 2.45) is 7.05 Å². The summed E-state index contributed by atoms with van der Waals surface area (Å²) < 4.78 is 18.9. The number of anilines is 3. The molecular weight excluding hydrogens is 507 g/mol. The highest BCUT2D eigenvalue weighted by molar-refractivity contribution is 6.04. The van der Waals surface area contributed by atoms with E-state index < -0.39 is 11.7 Å². The van der Waals surface area contributed by atoms with Gasteiger partial charge in [-0.25, -0.2) is 14.4 Å². The van der Waals surface area contributed by atoms with Gasteiger partial charge < -0.3 is 19.8 Å². The molecule has 0 fully saturated rings. The molecule has 0 aliphatic heterocycles. The van der Waals surface area contributed by atoms with Gasteiger partial charge in [-0.15, -0.1) is 0 Å². The van der Waals surface area contributed by atoms with E-state index in [1.807, 2.05) is 47.2 Å². The van der Waals surface area contributed by atoms with Gasteiger partial charge in [0.1, 0.15) is 0 Å². The van der Waals surface area contributed by atoms with E-state index in [4.69, 9.17) is 0 Å². The number of imidazole rings is 1. The third kappa shape index (κ3) is 5.54. The first-order valence-electron chi connectivity index (χ1n) is 12.7. The van der Waals surface area contributed by atoms with Gasteiger partial charge in [0.25, 0.3) is 11.5 Å². The van der Waals surface area contributed by atoms with Crippen LogP contribution in [0.25, 0.3) is 16.9 Å². The number of hydrogen-bond donors (Lipinski definition) is 2. The van der Waals surface area contributed by atoms with Crippen LogP contribution in [0.4, 0.5) is 21.6 Å². The molecule has 40 heavy (non-hydrogen) atoms. The minimum Gasteiger partial charge on any atom is -0.336 e. The van der Waals surface area contributed by atoms with Crippen molar-refractivity contribution < 1.29 is 9.18 Å². The number of nitrogens with one attached hydrogen (secondary N) is 2. The Labute approximate surface area is 231 Å². The SMILES string of the molecule is Cn1cc(-c2cccc(NC(=O)c3ccc(C(C)(C)C)cc3)c2F)nc(Nc2ccc(-n3ccnc3)cc2)c1=O. The summed E-state index contributed by atoms with van der Waals surface area (Å²) in [5, 5.41) is 5.70. The highest BCUT2D eigenvalue weighted by Crippen LogP contribution is 2.28. The number of nitrogens with zero attached hydrogens (tertiary/aromatic N) is 4. The Hall–Kier alpha value is -5.05. The molecule has 0 saturated heterocycles. The summed E-state index contributed by atoms with van der Waals surface area (Å²) in [4.78, 5) is 34.2. The van der Waals surface area contributed by atoms with Gasteiger partial charge in [-0.2, -0.15) is 0 Å². The van der Waals surface area contributed by atoms with Crippen molar-refractivity contribution in [3.8, 4) is 16.9 Å². The third-order valence-electron chi connectivity index (χ3n) is 6.54. The number of carbonyl (C=O) groups excluding carboxylic acids is 1. The second kappa shape index (κ2) is 10.6. The van der Waals surface area contributed by atoms with Crippen molar-refractivity contribution in [1.29, 1.82) is 0 Å². The van der Waals surface area contributed by atoms with Crippen LogP contribution in [0, 0.1) is 5.82 Å². The number of carbonyl (C=O) groups is 1. The van der Waals surface area contributed by atoms with E-state index in [1.54, 1.807) is 43.8 Å². The maximum Gasteiger partial charge on any atom is 0.293 e.